The summed E-state index contributed by atoms with van der Waals surface area (Å²) in [5.41, 5.74) is 1.66. The molecule has 0 spiro atoms. The number of nitrogens with one attached hydrogen (secondary N) is 2. The number of aromatic amines is 1. The lowest BCUT2D eigenvalue weighted by atomic mass is 9.70. The number of carbonyl (C=O) groups is 1. The SMILES string of the molecule is O=C(NCC(F)(F)F)[C@H]1C[C@H](c2c(-c3ccc(F)cc3)[nH]c3c(F)cc(F)cc32)C1. The molecule has 0 aliphatic heterocycles. The van der Waals surface area contributed by atoms with Crippen LogP contribution < -0.4 is 5.32 Å². The van der Waals surface area contributed by atoms with E-state index in [4.69, 9.17) is 0 Å². The van der Waals surface area contributed by atoms with Crippen LogP contribution in [-0.4, -0.2) is 23.6 Å². The minimum Gasteiger partial charge on any atom is -0.352 e. The number of rotatable bonds is 4. The standard InChI is InChI=1S/C21H16F6N2O/c22-13-3-1-10(2-4-13)18-17(15-7-14(23)8-16(24)19(15)29-18)11-5-12(6-11)20(30)28-9-21(25,26)27/h1-4,7-8,11-12,29H,5-6,9H2,(H,28,30)/t11-,12-. The lowest BCUT2D eigenvalue weighted by Gasteiger charge is -2.35. The maximum atomic E-state index is 14.3. The van der Waals surface area contributed by atoms with Gasteiger partial charge < -0.3 is 10.3 Å². The van der Waals surface area contributed by atoms with Gasteiger partial charge in [0.25, 0.3) is 0 Å². The summed E-state index contributed by atoms with van der Waals surface area (Å²) in [4.78, 5) is 14.9. The molecule has 1 amide bonds. The largest absolute Gasteiger partial charge is 0.405 e. The van der Waals surface area contributed by atoms with Crippen LogP contribution in [0.15, 0.2) is 36.4 Å². The van der Waals surface area contributed by atoms with Crippen LogP contribution in [0.4, 0.5) is 26.3 Å². The molecular weight excluding hydrogens is 410 g/mol. The molecule has 1 saturated carbocycles. The number of benzene rings is 2. The molecule has 1 aliphatic rings. The van der Waals surface area contributed by atoms with Gasteiger partial charge in [-0.3, -0.25) is 4.79 Å². The van der Waals surface area contributed by atoms with E-state index in [-0.39, 0.29) is 24.3 Å². The summed E-state index contributed by atoms with van der Waals surface area (Å²) in [6, 6.07) is 7.36. The van der Waals surface area contributed by atoms with Gasteiger partial charge in [0.15, 0.2) is 0 Å². The first-order chi connectivity index (χ1) is 14.1. The summed E-state index contributed by atoms with van der Waals surface area (Å²) < 4.78 is 78.4. The van der Waals surface area contributed by atoms with Crippen LogP contribution in [0.1, 0.15) is 24.3 Å². The monoisotopic (exact) mass is 426 g/mol. The van der Waals surface area contributed by atoms with E-state index < -0.39 is 42.0 Å². The zero-order chi connectivity index (χ0) is 21.6. The lowest BCUT2D eigenvalue weighted by Crippen LogP contribution is -2.41. The molecule has 0 bridgehead atoms. The summed E-state index contributed by atoms with van der Waals surface area (Å²) in [6.45, 7) is -1.41. The third-order valence-electron chi connectivity index (χ3n) is 5.38. The van der Waals surface area contributed by atoms with Gasteiger partial charge in [0, 0.05) is 17.4 Å². The zero-order valence-electron chi connectivity index (χ0n) is 15.4. The average Bonchev–Trinajstić information content (AvgIpc) is 2.98. The summed E-state index contributed by atoms with van der Waals surface area (Å²) >= 11 is 0. The van der Waals surface area contributed by atoms with Gasteiger partial charge in [-0.25, -0.2) is 13.2 Å². The fraction of sp³-hybridized carbons (Fsp3) is 0.286. The van der Waals surface area contributed by atoms with Gasteiger partial charge in [-0.15, -0.1) is 0 Å². The Labute approximate surface area is 167 Å². The summed E-state index contributed by atoms with van der Waals surface area (Å²) in [5, 5.41) is 2.16. The predicted octanol–water partition coefficient (Wildman–Crippen LogP) is 5.42. The summed E-state index contributed by atoms with van der Waals surface area (Å²) in [7, 11) is 0. The van der Waals surface area contributed by atoms with Crippen molar-refractivity contribution >= 4 is 16.8 Å². The van der Waals surface area contributed by atoms with Gasteiger partial charge in [-0.1, -0.05) is 0 Å². The molecule has 3 aromatic rings. The molecule has 0 atom stereocenters. The van der Waals surface area contributed by atoms with Gasteiger partial charge in [0.05, 0.1) is 11.2 Å². The number of carbonyl (C=O) groups excluding carboxylic acids is 1. The number of amides is 1. The second-order valence-corrected chi connectivity index (χ2v) is 7.43. The Morgan fingerprint density at radius 1 is 1.03 bits per heavy atom. The topological polar surface area (TPSA) is 44.9 Å². The normalized spacial score (nSPS) is 19.0. The van der Waals surface area contributed by atoms with Crippen molar-refractivity contribution < 1.29 is 31.1 Å². The maximum absolute atomic E-state index is 14.3. The van der Waals surface area contributed by atoms with Crippen molar-refractivity contribution in [2.24, 2.45) is 5.92 Å². The number of aromatic nitrogens is 1. The van der Waals surface area contributed by atoms with E-state index in [1.54, 1.807) is 0 Å². The predicted molar refractivity (Wildman–Crippen MR) is 98.1 cm³/mol. The maximum Gasteiger partial charge on any atom is 0.405 e. The van der Waals surface area contributed by atoms with Crippen LogP contribution in [-0.2, 0) is 4.79 Å². The van der Waals surface area contributed by atoms with Crippen molar-refractivity contribution in [1.29, 1.82) is 0 Å². The van der Waals surface area contributed by atoms with E-state index in [9.17, 15) is 31.1 Å². The van der Waals surface area contributed by atoms with Crippen LogP contribution in [0.25, 0.3) is 22.2 Å². The fourth-order valence-electron chi connectivity index (χ4n) is 3.91. The van der Waals surface area contributed by atoms with Gasteiger partial charge in [0.2, 0.25) is 5.91 Å². The Hall–Kier alpha value is -2.97. The summed E-state index contributed by atoms with van der Waals surface area (Å²) in [5.74, 6) is -3.64. The van der Waals surface area contributed by atoms with E-state index in [0.717, 1.165) is 6.07 Å². The third-order valence-corrected chi connectivity index (χ3v) is 5.38. The van der Waals surface area contributed by atoms with Crippen molar-refractivity contribution in [2.45, 2.75) is 24.9 Å². The van der Waals surface area contributed by atoms with Crippen molar-refractivity contribution in [3.8, 4) is 11.3 Å². The molecule has 0 unspecified atom stereocenters. The fourth-order valence-corrected chi connectivity index (χ4v) is 3.91. The molecule has 30 heavy (non-hydrogen) atoms. The highest BCUT2D eigenvalue weighted by molar-refractivity contribution is 5.92. The Morgan fingerprint density at radius 2 is 1.70 bits per heavy atom. The molecule has 9 heteroatoms. The van der Waals surface area contributed by atoms with Crippen molar-refractivity contribution in [1.82, 2.24) is 10.3 Å². The highest BCUT2D eigenvalue weighted by Gasteiger charge is 2.39. The van der Waals surface area contributed by atoms with Gasteiger partial charge in [0.1, 0.15) is 24.0 Å². The molecule has 0 saturated heterocycles. The van der Waals surface area contributed by atoms with E-state index in [1.807, 2.05) is 5.32 Å². The van der Waals surface area contributed by atoms with Gasteiger partial charge in [-0.05, 0) is 60.2 Å². The molecule has 1 aliphatic carbocycles. The van der Waals surface area contributed by atoms with Crippen molar-refractivity contribution in [2.75, 3.05) is 6.54 Å². The second kappa shape index (κ2) is 7.37. The van der Waals surface area contributed by atoms with Gasteiger partial charge in [-0.2, -0.15) is 13.2 Å². The second-order valence-electron chi connectivity index (χ2n) is 7.43. The van der Waals surface area contributed by atoms with Crippen LogP contribution in [0, 0.1) is 23.4 Å². The molecule has 1 aromatic heterocycles. The van der Waals surface area contributed by atoms with E-state index >= 15 is 0 Å². The molecule has 158 valence electrons. The molecular formula is C21H16F6N2O. The Balaban J connectivity index is 1.66. The number of hydrogen-bond acceptors (Lipinski definition) is 1. The first-order valence-corrected chi connectivity index (χ1v) is 9.23. The third kappa shape index (κ3) is 3.88. The highest BCUT2D eigenvalue weighted by Crippen LogP contribution is 2.48. The zero-order valence-corrected chi connectivity index (χ0v) is 15.4. The van der Waals surface area contributed by atoms with Crippen LogP contribution in [0.3, 0.4) is 0 Å². The summed E-state index contributed by atoms with van der Waals surface area (Å²) in [6.07, 6.45) is -4.02. The molecule has 0 radical (unpaired) electrons. The number of fused-ring (bicyclic) bond motifs is 1. The van der Waals surface area contributed by atoms with Crippen LogP contribution in [0.2, 0.25) is 0 Å². The van der Waals surface area contributed by atoms with Crippen molar-refractivity contribution in [3.63, 3.8) is 0 Å². The molecule has 3 nitrogen and oxygen atoms in total. The van der Waals surface area contributed by atoms with Gasteiger partial charge >= 0.3 is 6.18 Å². The average molecular weight is 426 g/mol. The van der Waals surface area contributed by atoms with E-state index in [2.05, 4.69) is 4.98 Å². The molecule has 4 rings (SSSR count). The van der Waals surface area contributed by atoms with Crippen LogP contribution in [0.5, 0.6) is 0 Å². The number of hydrogen-bond donors (Lipinski definition) is 2. The Kier molecular flexibility index (Phi) is 4.99. The van der Waals surface area contributed by atoms with E-state index in [1.165, 1.54) is 30.3 Å². The quantitative estimate of drug-likeness (QED) is 0.538. The smallest absolute Gasteiger partial charge is 0.352 e. The highest BCUT2D eigenvalue weighted by atomic mass is 19.4. The Bertz CT molecular complexity index is 1100. The van der Waals surface area contributed by atoms with E-state index in [0.29, 0.717) is 22.2 Å². The van der Waals surface area contributed by atoms with Crippen molar-refractivity contribution in [3.05, 3.63) is 59.4 Å². The minimum absolute atomic E-state index is 0.0793. The first kappa shape index (κ1) is 20.3. The molecule has 2 N–H and O–H groups in total. The molecule has 1 heterocycles. The minimum atomic E-state index is -4.50. The lowest BCUT2D eigenvalue weighted by molar-refractivity contribution is -0.142. The van der Waals surface area contributed by atoms with Crippen LogP contribution >= 0.6 is 0 Å². The number of halogens is 6. The Morgan fingerprint density at radius 3 is 2.33 bits per heavy atom. The number of H-pyrrole nitrogens is 1. The molecule has 1 fully saturated rings. The number of alkyl halides is 3. The first-order valence-electron chi connectivity index (χ1n) is 9.23. The molecule has 2 aromatic carbocycles.